The lowest BCUT2D eigenvalue weighted by Gasteiger charge is -2.17. The van der Waals surface area contributed by atoms with Crippen LogP contribution in [0.4, 0.5) is 8.78 Å². The maximum atomic E-state index is 13.3. The van der Waals surface area contributed by atoms with E-state index in [-0.39, 0.29) is 4.47 Å². The fourth-order valence-corrected chi connectivity index (χ4v) is 1.79. The summed E-state index contributed by atoms with van der Waals surface area (Å²) in [5.74, 6) is -3.14. The quantitative estimate of drug-likeness (QED) is 0.764. The number of benzene rings is 1. The van der Waals surface area contributed by atoms with E-state index in [1.807, 2.05) is 0 Å². The Kier molecular flexibility index (Phi) is 3.95. The summed E-state index contributed by atoms with van der Waals surface area (Å²) in [6.45, 7) is 0. The minimum atomic E-state index is -1.96. The second kappa shape index (κ2) is 4.86. The van der Waals surface area contributed by atoms with Crippen molar-refractivity contribution in [3.8, 4) is 0 Å². The molecule has 0 bridgehead atoms. The predicted molar refractivity (Wildman–Crippen MR) is 54.2 cm³/mol. The van der Waals surface area contributed by atoms with Crippen molar-refractivity contribution in [2.45, 2.75) is 12.2 Å². The molecular weight excluding hydrogens is 288 g/mol. The average molecular weight is 296 g/mol. The zero-order valence-corrected chi connectivity index (χ0v) is 9.41. The maximum absolute atomic E-state index is 13.3. The highest BCUT2D eigenvalue weighted by atomic mass is 79.9. The number of hydrogen-bond donors (Lipinski definition) is 3. The molecular formula is C9H8BrF2NO3. The topological polar surface area (TPSA) is 83.6 Å². The molecule has 1 amide bonds. The van der Waals surface area contributed by atoms with Crippen molar-refractivity contribution in [1.82, 2.24) is 0 Å². The standard InChI is InChI=1S/C9H8BrF2NO3/c10-4-1-3(11)2-5(12)6(4)7(14)8(15)9(13)16/h1-2,7-8,14-15H,(H2,13,16). The molecule has 0 radical (unpaired) electrons. The third-order valence-electron chi connectivity index (χ3n) is 1.93. The van der Waals surface area contributed by atoms with Crippen molar-refractivity contribution in [3.05, 3.63) is 33.8 Å². The number of primary amides is 1. The van der Waals surface area contributed by atoms with Gasteiger partial charge in [-0.05, 0) is 6.07 Å². The van der Waals surface area contributed by atoms with Gasteiger partial charge >= 0.3 is 0 Å². The predicted octanol–water partition coefficient (Wildman–Crippen LogP) is 0.607. The highest BCUT2D eigenvalue weighted by Gasteiger charge is 2.28. The molecule has 4 N–H and O–H groups in total. The van der Waals surface area contributed by atoms with Gasteiger partial charge in [0.05, 0.1) is 0 Å². The molecule has 0 spiro atoms. The molecule has 16 heavy (non-hydrogen) atoms. The fourth-order valence-electron chi connectivity index (χ4n) is 1.15. The van der Waals surface area contributed by atoms with Crippen LogP contribution in [0.1, 0.15) is 11.7 Å². The molecule has 2 atom stereocenters. The number of aliphatic hydroxyl groups is 2. The van der Waals surface area contributed by atoms with Crippen molar-refractivity contribution < 1.29 is 23.8 Å². The Bertz CT molecular complexity index is 404. The SMILES string of the molecule is NC(=O)C(O)C(O)c1c(F)cc(F)cc1Br. The second-order valence-electron chi connectivity index (χ2n) is 3.08. The van der Waals surface area contributed by atoms with E-state index in [1.165, 1.54) is 0 Å². The number of nitrogens with two attached hydrogens (primary N) is 1. The van der Waals surface area contributed by atoms with Crippen molar-refractivity contribution in [2.75, 3.05) is 0 Å². The van der Waals surface area contributed by atoms with Gasteiger partial charge in [-0.1, -0.05) is 15.9 Å². The molecule has 0 aliphatic rings. The summed E-state index contributed by atoms with van der Waals surface area (Å²) in [5, 5.41) is 18.6. The van der Waals surface area contributed by atoms with Gasteiger partial charge in [0.2, 0.25) is 5.91 Å². The highest BCUT2D eigenvalue weighted by molar-refractivity contribution is 9.10. The molecule has 1 rings (SSSR count). The summed E-state index contributed by atoms with van der Waals surface area (Å²) in [4.78, 5) is 10.6. The Morgan fingerprint density at radius 1 is 1.38 bits per heavy atom. The van der Waals surface area contributed by atoms with Crippen LogP contribution in [0.25, 0.3) is 0 Å². The lowest BCUT2D eigenvalue weighted by atomic mass is 10.0. The summed E-state index contributed by atoms with van der Waals surface area (Å²) >= 11 is 2.81. The van der Waals surface area contributed by atoms with E-state index in [9.17, 15) is 18.7 Å². The summed E-state index contributed by atoms with van der Waals surface area (Å²) in [7, 11) is 0. The Morgan fingerprint density at radius 2 is 1.94 bits per heavy atom. The Labute approximate surface area is 97.8 Å². The van der Waals surface area contributed by atoms with Crippen LogP contribution in [-0.2, 0) is 4.79 Å². The first-order valence-corrected chi connectivity index (χ1v) is 4.93. The van der Waals surface area contributed by atoms with Crippen molar-refractivity contribution in [2.24, 2.45) is 5.73 Å². The van der Waals surface area contributed by atoms with Crippen LogP contribution in [0, 0.1) is 11.6 Å². The lowest BCUT2D eigenvalue weighted by molar-refractivity contribution is -0.132. The third kappa shape index (κ3) is 2.55. The first-order chi connectivity index (χ1) is 7.34. The van der Waals surface area contributed by atoms with Gasteiger partial charge in [-0.3, -0.25) is 4.79 Å². The van der Waals surface area contributed by atoms with E-state index in [0.717, 1.165) is 6.07 Å². The average Bonchev–Trinajstić information content (AvgIpc) is 2.14. The van der Waals surface area contributed by atoms with Gasteiger partial charge in [0.25, 0.3) is 0 Å². The molecule has 0 aliphatic carbocycles. The molecule has 1 aromatic carbocycles. The van der Waals surface area contributed by atoms with Crippen LogP contribution in [-0.4, -0.2) is 22.2 Å². The van der Waals surface area contributed by atoms with Gasteiger partial charge in [-0.2, -0.15) is 0 Å². The summed E-state index contributed by atoms with van der Waals surface area (Å²) in [6, 6.07) is 1.42. The number of carbonyl (C=O) groups is 1. The van der Waals surface area contributed by atoms with Crippen LogP contribution in [0.15, 0.2) is 16.6 Å². The van der Waals surface area contributed by atoms with Crippen molar-refractivity contribution in [1.29, 1.82) is 0 Å². The highest BCUT2D eigenvalue weighted by Crippen LogP contribution is 2.29. The molecule has 7 heteroatoms. The molecule has 0 heterocycles. The Hall–Kier alpha value is -1.05. The second-order valence-corrected chi connectivity index (χ2v) is 3.93. The number of halogens is 3. The number of rotatable bonds is 3. The van der Waals surface area contributed by atoms with Crippen LogP contribution < -0.4 is 5.73 Å². The first-order valence-electron chi connectivity index (χ1n) is 4.14. The van der Waals surface area contributed by atoms with Crippen LogP contribution >= 0.6 is 15.9 Å². The van der Waals surface area contributed by atoms with Crippen molar-refractivity contribution in [3.63, 3.8) is 0 Å². The van der Waals surface area contributed by atoms with Gasteiger partial charge in [0, 0.05) is 16.1 Å². The summed E-state index contributed by atoms with van der Waals surface area (Å²) in [6.07, 6.45) is -3.82. The third-order valence-corrected chi connectivity index (χ3v) is 2.59. The largest absolute Gasteiger partial charge is 0.385 e. The van der Waals surface area contributed by atoms with E-state index in [0.29, 0.717) is 6.07 Å². The molecule has 1 aromatic rings. The number of amides is 1. The van der Waals surface area contributed by atoms with Gasteiger partial charge in [-0.15, -0.1) is 0 Å². The van der Waals surface area contributed by atoms with E-state index < -0.39 is 35.3 Å². The van der Waals surface area contributed by atoms with Crippen LogP contribution in [0.2, 0.25) is 0 Å². The smallest absolute Gasteiger partial charge is 0.249 e. The molecule has 2 unspecified atom stereocenters. The molecule has 0 fully saturated rings. The molecule has 0 saturated heterocycles. The normalized spacial score (nSPS) is 14.6. The van der Waals surface area contributed by atoms with Crippen LogP contribution in [0.5, 0.6) is 0 Å². The van der Waals surface area contributed by atoms with Gasteiger partial charge < -0.3 is 15.9 Å². The van der Waals surface area contributed by atoms with Gasteiger partial charge in [-0.25, -0.2) is 8.78 Å². The monoisotopic (exact) mass is 295 g/mol. The zero-order valence-electron chi connectivity index (χ0n) is 7.82. The minimum absolute atomic E-state index is 0.0993. The zero-order chi connectivity index (χ0) is 12.5. The Morgan fingerprint density at radius 3 is 2.38 bits per heavy atom. The summed E-state index contributed by atoms with van der Waals surface area (Å²) in [5.41, 5.74) is 4.32. The molecule has 0 aliphatic heterocycles. The molecule has 0 aromatic heterocycles. The molecule has 0 saturated carbocycles. The molecule has 4 nitrogen and oxygen atoms in total. The van der Waals surface area contributed by atoms with E-state index in [2.05, 4.69) is 15.9 Å². The van der Waals surface area contributed by atoms with Crippen molar-refractivity contribution >= 4 is 21.8 Å². The molecule has 88 valence electrons. The first kappa shape index (κ1) is 13.0. The maximum Gasteiger partial charge on any atom is 0.249 e. The van der Waals surface area contributed by atoms with E-state index in [4.69, 9.17) is 10.8 Å². The Balaban J connectivity index is 3.18. The van der Waals surface area contributed by atoms with Gasteiger partial charge in [0.1, 0.15) is 17.7 Å². The van der Waals surface area contributed by atoms with Gasteiger partial charge in [0.15, 0.2) is 6.10 Å². The fraction of sp³-hybridized carbons (Fsp3) is 0.222. The number of hydrogen-bond acceptors (Lipinski definition) is 3. The van der Waals surface area contributed by atoms with E-state index >= 15 is 0 Å². The van der Waals surface area contributed by atoms with E-state index in [1.54, 1.807) is 0 Å². The summed E-state index contributed by atoms with van der Waals surface area (Å²) < 4.78 is 25.9. The van der Waals surface area contributed by atoms with Crippen LogP contribution in [0.3, 0.4) is 0 Å². The number of aliphatic hydroxyl groups excluding tert-OH is 2. The number of carbonyl (C=O) groups excluding carboxylic acids is 1. The lowest BCUT2D eigenvalue weighted by Crippen LogP contribution is -2.34. The minimum Gasteiger partial charge on any atom is -0.385 e.